The van der Waals surface area contributed by atoms with Gasteiger partial charge in [0.2, 0.25) is 5.79 Å². The Kier molecular flexibility index (Phi) is 16.0. The van der Waals surface area contributed by atoms with Crippen LogP contribution in [-0.2, 0) is 28.4 Å². The Morgan fingerprint density at radius 1 is 0.817 bits per heavy atom. The number of piperazine rings is 1. The second-order valence-electron chi connectivity index (χ2n) is 17.9. The van der Waals surface area contributed by atoms with Gasteiger partial charge in [-0.1, -0.05) is 121 Å². The highest BCUT2D eigenvalue weighted by Crippen LogP contribution is 2.40. The van der Waals surface area contributed by atoms with Crippen LogP contribution in [0.4, 0.5) is 11.4 Å². The fourth-order valence-electron chi connectivity index (χ4n) is 8.96. The minimum absolute atomic E-state index is 0.0645. The summed E-state index contributed by atoms with van der Waals surface area (Å²) < 4.78 is 23.7. The Morgan fingerprint density at radius 2 is 1.51 bits per heavy atom. The zero-order chi connectivity index (χ0) is 49.2. The summed E-state index contributed by atoms with van der Waals surface area (Å²) in [5.74, 6) is -0.410. The molecule has 15 heteroatoms. The van der Waals surface area contributed by atoms with E-state index in [9.17, 15) is 4.79 Å². The average Bonchev–Trinajstić information content (AvgIpc) is 4.17. The number of benzene rings is 6. The van der Waals surface area contributed by atoms with Gasteiger partial charge in [0, 0.05) is 61.2 Å². The average molecular weight is 993 g/mol. The zero-order valence-corrected chi connectivity index (χ0v) is 41.8. The molecule has 13 nitrogen and oxygen atoms in total. The monoisotopic (exact) mass is 991 g/mol. The van der Waals surface area contributed by atoms with Crippen molar-refractivity contribution in [3.8, 4) is 11.4 Å². The van der Waals surface area contributed by atoms with Gasteiger partial charge in [-0.25, -0.2) is 23.7 Å². The summed E-state index contributed by atoms with van der Waals surface area (Å²) in [4.78, 5) is 23.9. The summed E-state index contributed by atoms with van der Waals surface area (Å²) in [6.07, 6.45) is 9.59. The van der Waals surface area contributed by atoms with Crippen LogP contribution in [0, 0.1) is 0 Å². The second kappa shape index (κ2) is 23.0. The van der Waals surface area contributed by atoms with E-state index in [-0.39, 0.29) is 24.4 Å². The molecule has 0 saturated carbocycles. The molecule has 8 aromatic rings. The first-order valence-electron chi connectivity index (χ1n) is 24.1. The van der Waals surface area contributed by atoms with Gasteiger partial charge in [-0.3, -0.25) is 4.90 Å². The van der Waals surface area contributed by atoms with Crippen LogP contribution < -0.4 is 20.2 Å². The number of hydrogen-bond donors (Lipinski definition) is 0. The molecule has 2 fully saturated rings. The van der Waals surface area contributed by atoms with Crippen molar-refractivity contribution in [2.75, 3.05) is 62.8 Å². The molecule has 366 valence electrons. The zero-order valence-electron chi connectivity index (χ0n) is 40.3. The molecule has 10 rings (SSSR count). The lowest BCUT2D eigenvalue weighted by Gasteiger charge is -2.37. The van der Waals surface area contributed by atoms with Gasteiger partial charge in [0.05, 0.1) is 23.4 Å². The molecule has 0 aliphatic carbocycles. The summed E-state index contributed by atoms with van der Waals surface area (Å²) in [7, 11) is 2.16. The van der Waals surface area contributed by atoms with E-state index >= 15 is 0 Å². The van der Waals surface area contributed by atoms with Crippen LogP contribution >= 0.6 is 23.2 Å². The van der Waals surface area contributed by atoms with Gasteiger partial charge in [0.15, 0.2) is 0 Å². The summed E-state index contributed by atoms with van der Waals surface area (Å²) >= 11 is 12.7. The van der Waals surface area contributed by atoms with Gasteiger partial charge >= 0.3 is 5.69 Å². The molecular weight excluding hydrogens is 934 g/mol. The first-order valence-corrected chi connectivity index (χ1v) is 24.9. The first kappa shape index (κ1) is 49.2. The molecule has 71 heavy (non-hydrogen) atoms. The van der Waals surface area contributed by atoms with Crippen molar-refractivity contribution >= 4 is 51.4 Å². The fourth-order valence-corrected chi connectivity index (χ4v) is 9.51. The van der Waals surface area contributed by atoms with E-state index in [2.05, 4.69) is 140 Å². The van der Waals surface area contributed by atoms with Gasteiger partial charge < -0.3 is 24.0 Å². The predicted molar refractivity (Wildman–Crippen MR) is 284 cm³/mol. The smallest absolute Gasteiger partial charge is 0.350 e. The summed E-state index contributed by atoms with van der Waals surface area (Å²) in [5, 5.41) is 12.2. The minimum atomic E-state index is -1.16. The van der Waals surface area contributed by atoms with E-state index in [1.807, 2.05) is 50.2 Å². The highest BCUT2D eigenvalue weighted by Gasteiger charge is 2.45. The van der Waals surface area contributed by atoms with Crippen LogP contribution in [-0.4, -0.2) is 93.1 Å². The molecule has 2 aliphatic rings. The molecule has 3 atom stereocenters. The molecule has 2 aliphatic heterocycles. The molecule has 0 spiro atoms. The number of ether oxygens (including phenoxy) is 3. The van der Waals surface area contributed by atoms with Gasteiger partial charge in [-0.2, -0.15) is 10.2 Å². The molecule has 2 aromatic heterocycles. The number of likely N-dealkylation sites (N-methyl/N-ethyl adjacent to an activating group) is 1. The number of fused-ring (bicyclic) bond motifs is 1. The van der Waals surface area contributed by atoms with Crippen LogP contribution in [0.15, 0.2) is 169 Å². The molecular formula is C56H59Cl2N9O4. The third kappa shape index (κ3) is 12.1. The van der Waals surface area contributed by atoms with Crippen LogP contribution in [0.2, 0.25) is 10.0 Å². The van der Waals surface area contributed by atoms with Crippen molar-refractivity contribution in [1.82, 2.24) is 34.0 Å². The van der Waals surface area contributed by atoms with E-state index in [1.54, 1.807) is 34.0 Å². The number of halogens is 2. The van der Waals surface area contributed by atoms with E-state index in [0.29, 0.717) is 28.8 Å². The van der Waals surface area contributed by atoms with Gasteiger partial charge in [0.25, 0.3) is 0 Å². The summed E-state index contributed by atoms with van der Waals surface area (Å²) in [6.45, 7) is 10.4. The summed E-state index contributed by atoms with van der Waals surface area (Å²) in [6, 6.07) is 47.1. The largest absolute Gasteiger partial charge is 0.491 e. The lowest BCUT2D eigenvalue weighted by Crippen LogP contribution is -2.46. The number of hydrogen-bond acceptors (Lipinski definition) is 10. The first-order chi connectivity index (χ1) is 34.6. The second-order valence-corrected chi connectivity index (χ2v) is 18.8. The minimum Gasteiger partial charge on any atom is -0.491 e. The van der Waals surface area contributed by atoms with Gasteiger partial charge in [0.1, 0.15) is 44.0 Å². The molecule has 0 amide bonds. The van der Waals surface area contributed by atoms with E-state index in [4.69, 9.17) is 37.4 Å². The third-order valence-corrected chi connectivity index (χ3v) is 13.5. The van der Waals surface area contributed by atoms with Crippen molar-refractivity contribution in [3.63, 3.8) is 0 Å². The third-order valence-electron chi connectivity index (χ3n) is 13.0. The Labute approximate surface area is 425 Å². The normalized spacial score (nSPS) is 17.5. The lowest BCUT2D eigenvalue weighted by molar-refractivity contribution is -0.190. The number of aromatic nitrogens is 6. The van der Waals surface area contributed by atoms with Crippen molar-refractivity contribution in [2.45, 2.75) is 51.3 Å². The standard InChI is InChI=1S/C35H38Cl2N8O4.C21H21N/c1-3-25(2)45-34(46)44(24-40-45)29-7-5-27(6-8-29)41-14-16-42(17-15-41)28-9-11-30(12-10-28)47-19-31-20-48-35(49-31,21-43-23-38-22-39-43)32-13-4-26(36)18-33(32)37;1-22(16-8-11-18-9-3-2-4-10-18)17-20-14-7-13-19-12-5-6-15-21(19)20/h4-13,18,22-25,31H,3,14-17,19-21H2,1-2H3;2-15H,16-17H2,1H3/b;11-8+/t25?,31-,35-;/m0./s1. The van der Waals surface area contributed by atoms with Crippen LogP contribution in [0.3, 0.4) is 0 Å². The van der Waals surface area contributed by atoms with E-state index in [1.165, 1.54) is 32.9 Å². The fraction of sp³-hybridized carbons (Fsp3) is 0.286. The maximum absolute atomic E-state index is 12.8. The quantitative estimate of drug-likeness (QED) is 0.0929. The van der Waals surface area contributed by atoms with Gasteiger partial charge in [-0.05, 0) is 103 Å². The van der Waals surface area contributed by atoms with Crippen molar-refractivity contribution < 1.29 is 14.2 Å². The maximum atomic E-state index is 12.8. The van der Waals surface area contributed by atoms with Crippen molar-refractivity contribution in [3.05, 3.63) is 202 Å². The number of anilines is 2. The molecule has 6 aromatic carbocycles. The molecule has 1 unspecified atom stereocenters. The highest BCUT2D eigenvalue weighted by molar-refractivity contribution is 6.35. The molecule has 4 heterocycles. The SMILES string of the molecule is CCC(C)n1ncn(-c2ccc(N3CCN(c4ccc(OC[C@H]5CO[C@](Cn6cncn6)(c6ccc(Cl)cc6Cl)O5)cc4)CC3)cc2)c1=O.CN(C/C=C/c1ccccc1)Cc1cccc2ccccc12. The van der Waals surface area contributed by atoms with Crippen LogP contribution in [0.25, 0.3) is 22.5 Å². The van der Waals surface area contributed by atoms with Crippen molar-refractivity contribution in [1.29, 1.82) is 0 Å². The van der Waals surface area contributed by atoms with Crippen LogP contribution in [0.5, 0.6) is 5.75 Å². The van der Waals surface area contributed by atoms with E-state index < -0.39 is 5.79 Å². The predicted octanol–water partition coefficient (Wildman–Crippen LogP) is 10.6. The Morgan fingerprint density at radius 3 is 2.21 bits per heavy atom. The van der Waals surface area contributed by atoms with Crippen molar-refractivity contribution in [2.24, 2.45) is 0 Å². The summed E-state index contributed by atoms with van der Waals surface area (Å²) in [5.41, 5.74) is 6.28. The topological polar surface area (TPSA) is 108 Å². The Bertz CT molecular complexity index is 3040. The highest BCUT2D eigenvalue weighted by atomic mass is 35.5. The maximum Gasteiger partial charge on any atom is 0.350 e. The number of rotatable bonds is 16. The van der Waals surface area contributed by atoms with E-state index in [0.717, 1.165) is 68.5 Å². The Hall–Kier alpha value is -6.74. The van der Waals surface area contributed by atoms with Gasteiger partial charge in [-0.15, -0.1) is 0 Å². The van der Waals surface area contributed by atoms with Crippen LogP contribution in [0.1, 0.15) is 43.0 Å². The Balaban J connectivity index is 0.000000236. The molecule has 2 saturated heterocycles. The lowest BCUT2D eigenvalue weighted by atomic mass is 10.0. The molecule has 0 bridgehead atoms. The molecule has 0 radical (unpaired) electrons. The number of nitrogens with zero attached hydrogens (tertiary/aromatic N) is 9. The molecule has 0 N–H and O–H groups in total.